The van der Waals surface area contributed by atoms with Gasteiger partial charge in [-0.3, -0.25) is 10.1 Å². The van der Waals surface area contributed by atoms with E-state index in [2.05, 4.69) is 5.32 Å². The van der Waals surface area contributed by atoms with E-state index in [1.54, 1.807) is 11.3 Å². The fraction of sp³-hybridized carbons (Fsp3) is 0.583. The summed E-state index contributed by atoms with van der Waals surface area (Å²) in [4.78, 5) is 13.3. The number of hydrogen-bond donors (Lipinski definition) is 2. The third-order valence-electron chi connectivity index (χ3n) is 3.05. The molecule has 1 aliphatic rings. The van der Waals surface area contributed by atoms with Gasteiger partial charge in [0.1, 0.15) is 6.04 Å². The molecule has 1 atom stereocenters. The molecule has 88 valence electrons. The third-order valence-corrected chi connectivity index (χ3v) is 4.12. The maximum atomic E-state index is 11.2. The van der Waals surface area contributed by atoms with E-state index in [4.69, 9.17) is 0 Å². The van der Waals surface area contributed by atoms with E-state index in [9.17, 15) is 9.90 Å². The smallest absolute Gasteiger partial charge is 0.326 e. The Morgan fingerprint density at radius 1 is 1.50 bits per heavy atom. The van der Waals surface area contributed by atoms with Crippen LogP contribution in [0.3, 0.4) is 0 Å². The van der Waals surface area contributed by atoms with Gasteiger partial charge in [0.25, 0.3) is 0 Å². The van der Waals surface area contributed by atoms with Crippen LogP contribution in [-0.4, -0.2) is 17.1 Å². The van der Waals surface area contributed by atoms with Gasteiger partial charge in [-0.2, -0.15) is 0 Å². The van der Waals surface area contributed by atoms with Crippen LogP contribution in [0.5, 0.6) is 0 Å². The molecule has 1 aromatic rings. The first-order valence-corrected chi connectivity index (χ1v) is 6.53. The predicted molar refractivity (Wildman–Crippen MR) is 64.8 cm³/mol. The summed E-state index contributed by atoms with van der Waals surface area (Å²) in [7, 11) is 0. The van der Waals surface area contributed by atoms with E-state index in [0.29, 0.717) is 6.04 Å². The topological polar surface area (TPSA) is 49.3 Å². The molecule has 1 unspecified atom stereocenters. The molecule has 1 aromatic heterocycles. The number of carboxylic acids is 1. The van der Waals surface area contributed by atoms with Crippen LogP contribution in [0.2, 0.25) is 0 Å². The van der Waals surface area contributed by atoms with Gasteiger partial charge in [-0.05, 0) is 31.9 Å². The summed E-state index contributed by atoms with van der Waals surface area (Å²) in [6, 6.07) is 3.75. The molecular formula is C12H17NO2S. The standard InChI is InChI=1S/C12H17NO2S/c1-8-6-7-10(16-8)11(12(14)15)13-9-4-2-3-5-9/h6-7,9,11,13H,2-5H2,1H3,(H,14,15). The summed E-state index contributed by atoms with van der Waals surface area (Å²) in [5.74, 6) is -0.770. The monoisotopic (exact) mass is 239 g/mol. The van der Waals surface area contributed by atoms with Gasteiger partial charge < -0.3 is 5.11 Å². The number of aliphatic carboxylic acids is 1. The predicted octanol–water partition coefficient (Wildman–Crippen LogP) is 2.71. The Bertz CT molecular complexity index is 369. The van der Waals surface area contributed by atoms with Gasteiger partial charge in [0.2, 0.25) is 0 Å². The molecule has 0 aliphatic heterocycles. The van der Waals surface area contributed by atoms with Gasteiger partial charge in [0, 0.05) is 15.8 Å². The highest BCUT2D eigenvalue weighted by Crippen LogP contribution is 2.26. The molecule has 2 rings (SSSR count). The summed E-state index contributed by atoms with van der Waals surface area (Å²) in [5, 5.41) is 12.5. The molecule has 4 heteroatoms. The number of carboxylic acid groups (broad SMARTS) is 1. The van der Waals surface area contributed by atoms with Crippen molar-refractivity contribution in [3.8, 4) is 0 Å². The van der Waals surface area contributed by atoms with Crippen LogP contribution in [-0.2, 0) is 4.79 Å². The van der Waals surface area contributed by atoms with Crippen LogP contribution >= 0.6 is 11.3 Å². The Morgan fingerprint density at radius 3 is 2.69 bits per heavy atom. The maximum Gasteiger partial charge on any atom is 0.326 e. The minimum absolute atomic E-state index is 0.378. The van der Waals surface area contributed by atoms with Gasteiger partial charge in [0.15, 0.2) is 0 Å². The molecule has 3 nitrogen and oxygen atoms in total. The first-order valence-electron chi connectivity index (χ1n) is 5.72. The van der Waals surface area contributed by atoms with E-state index >= 15 is 0 Å². The second-order valence-corrected chi connectivity index (χ2v) is 5.69. The van der Waals surface area contributed by atoms with Crippen molar-refractivity contribution >= 4 is 17.3 Å². The van der Waals surface area contributed by atoms with Crippen molar-refractivity contribution in [1.29, 1.82) is 0 Å². The van der Waals surface area contributed by atoms with Crippen LogP contribution < -0.4 is 5.32 Å². The van der Waals surface area contributed by atoms with Crippen molar-refractivity contribution in [3.63, 3.8) is 0 Å². The van der Waals surface area contributed by atoms with E-state index in [1.807, 2.05) is 19.1 Å². The summed E-state index contributed by atoms with van der Waals surface area (Å²) in [6.07, 6.45) is 4.64. The van der Waals surface area contributed by atoms with Crippen molar-refractivity contribution in [2.45, 2.75) is 44.7 Å². The molecule has 1 saturated carbocycles. The minimum Gasteiger partial charge on any atom is -0.480 e. The lowest BCUT2D eigenvalue weighted by molar-refractivity contribution is -0.139. The van der Waals surface area contributed by atoms with E-state index in [0.717, 1.165) is 22.6 Å². The lowest BCUT2D eigenvalue weighted by Gasteiger charge is -2.18. The Hall–Kier alpha value is -0.870. The number of thiophene rings is 1. The summed E-state index contributed by atoms with van der Waals surface area (Å²) >= 11 is 1.56. The van der Waals surface area contributed by atoms with Gasteiger partial charge in [0.05, 0.1) is 0 Å². The average Bonchev–Trinajstić information content (AvgIpc) is 2.84. The molecule has 1 heterocycles. The molecule has 0 bridgehead atoms. The van der Waals surface area contributed by atoms with E-state index in [-0.39, 0.29) is 0 Å². The number of nitrogens with one attached hydrogen (secondary N) is 1. The number of aryl methyl sites for hydroxylation is 1. The molecule has 0 spiro atoms. The molecule has 1 aliphatic carbocycles. The first-order chi connectivity index (χ1) is 7.66. The molecule has 2 N–H and O–H groups in total. The lowest BCUT2D eigenvalue weighted by Crippen LogP contribution is -2.34. The molecule has 1 fully saturated rings. The van der Waals surface area contributed by atoms with Crippen LogP contribution in [0.1, 0.15) is 41.5 Å². The Balaban J connectivity index is 2.07. The molecule has 0 radical (unpaired) electrons. The Kier molecular flexibility index (Phi) is 3.61. The molecule has 0 aromatic carbocycles. The lowest BCUT2D eigenvalue weighted by atomic mass is 10.2. The Morgan fingerprint density at radius 2 is 2.19 bits per heavy atom. The quantitative estimate of drug-likeness (QED) is 0.849. The highest BCUT2D eigenvalue weighted by molar-refractivity contribution is 7.12. The molecule has 0 saturated heterocycles. The number of carbonyl (C=O) groups is 1. The second kappa shape index (κ2) is 4.97. The highest BCUT2D eigenvalue weighted by Gasteiger charge is 2.26. The van der Waals surface area contributed by atoms with Crippen LogP contribution in [0.15, 0.2) is 12.1 Å². The summed E-state index contributed by atoms with van der Waals surface area (Å²) in [5.41, 5.74) is 0. The SMILES string of the molecule is Cc1ccc(C(NC2CCCC2)C(=O)O)s1. The fourth-order valence-electron chi connectivity index (χ4n) is 2.21. The van der Waals surface area contributed by atoms with Crippen LogP contribution in [0.25, 0.3) is 0 Å². The van der Waals surface area contributed by atoms with E-state index < -0.39 is 12.0 Å². The zero-order valence-electron chi connectivity index (χ0n) is 9.40. The van der Waals surface area contributed by atoms with Crippen molar-refractivity contribution in [1.82, 2.24) is 5.32 Å². The largest absolute Gasteiger partial charge is 0.480 e. The normalized spacial score (nSPS) is 18.8. The van der Waals surface area contributed by atoms with Crippen molar-refractivity contribution < 1.29 is 9.90 Å². The fourth-order valence-corrected chi connectivity index (χ4v) is 3.14. The van der Waals surface area contributed by atoms with Crippen molar-refractivity contribution in [3.05, 3.63) is 21.9 Å². The van der Waals surface area contributed by atoms with Gasteiger partial charge in [-0.1, -0.05) is 12.8 Å². The second-order valence-electron chi connectivity index (χ2n) is 4.37. The van der Waals surface area contributed by atoms with Crippen LogP contribution in [0, 0.1) is 6.92 Å². The average molecular weight is 239 g/mol. The maximum absolute atomic E-state index is 11.2. The van der Waals surface area contributed by atoms with Gasteiger partial charge in [-0.15, -0.1) is 11.3 Å². The first kappa shape index (κ1) is 11.6. The van der Waals surface area contributed by atoms with E-state index in [1.165, 1.54) is 12.8 Å². The van der Waals surface area contributed by atoms with Crippen LogP contribution in [0.4, 0.5) is 0 Å². The molecule has 16 heavy (non-hydrogen) atoms. The number of hydrogen-bond acceptors (Lipinski definition) is 3. The zero-order valence-corrected chi connectivity index (χ0v) is 10.2. The third kappa shape index (κ3) is 2.62. The minimum atomic E-state index is -0.770. The van der Waals surface area contributed by atoms with Crippen molar-refractivity contribution in [2.75, 3.05) is 0 Å². The Labute approximate surface area is 99.5 Å². The number of rotatable bonds is 4. The molecular weight excluding hydrogens is 222 g/mol. The summed E-state index contributed by atoms with van der Waals surface area (Å²) < 4.78 is 0. The van der Waals surface area contributed by atoms with Gasteiger partial charge in [-0.25, -0.2) is 0 Å². The highest BCUT2D eigenvalue weighted by atomic mass is 32.1. The molecule has 0 amide bonds. The van der Waals surface area contributed by atoms with Crippen molar-refractivity contribution in [2.24, 2.45) is 0 Å². The zero-order chi connectivity index (χ0) is 11.5. The van der Waals surface area contributed by atoms with Gasteiger partial charge >= 0.3 is 5.97 Å². The summed E-state index contributed by atoms with van der Waals surface area (Å²) in [6.45, 7) is 2.00.